The summed E-state index contributed by atoms with van der Waals surface area (Å²) in [7, 11) is 1.77. The molecule has 1 atom stereocenters. The van der Waals surface area contributed by atoms with Crippen molar-refractivity contribution in [2.45, 2.75) is 97.5 Å². The first kappa shape index (κ1) is 22.1. The molecule has 4 nitrogen and oxygen atoms in total. The van der Waals surface area contributed by atoms with Gasteiger partial charge in [-0.25, -0.2) is 0 Å². The zero-order valence-corrected chi connectivity index (χ0v) is 18.2. The van der Waals surface area contributed by atoms with Crippen LogP contribution in [0.4, 0.5) is 0 Å². The fourth-order valence-corrected chi connectivity index (χ4v) is 4.86. The van der Waals surface area contributed by atoms with E-state index >= 15 is 0 Å². The Bertz CT molecular complexity index is 402. The average molecular weight is 370 g/mol. The Morgan fingerprint density at radius 2 is 1.88 bits per heavy atom. The lowest BCUT2D eigenvalue weighted by atomic mass is 9.68. The van der Waals surface area contributed by atoms with Crippen molar-refractivity contribution in [3.8, 4) is 0 Å². The molecule has 1 heterocycles. The lowest BCUT2D eigenvalue weighted by molar-refractivity contribution is -0.197. The normalized spacial score (nSPS) is 30.0. The molecule has 1 spiro atoms. The van der Waals surface area contributed by atoms with E-state index in [1.54, 1.807) is 7.11 Å². The number of rotatable bonds is 10. The Morgan fingerprint density at radius 3 is 2.46 bits per heavy atom. The molecule has 2 fully saturated rings. The van der Waals surface area contributed by atoms with Gasteiger partial charge in [0.15, 0.2) is 5.79 Å². The highest BCUT2D eigenvalue weighted by Crippen LogP contribution is 2.47. The molecule has 1 saturated heterocycles. The molecule has 1 aliphatic heterocycles. The number of hydrogen-bond donors (Lipinski definition) is 0. The zero-order chi connectivity index (χ0) is 19.2. The van der Waals surface area contributed by atoms with E-state index < -0.39 is 0 Å². The summed E-state index contributed by atoms with van der Waals surface area (Å²) in [6.07, 6.45) is 8.52. The van der Waals surface area contributed by atoms with Crippen molar-refractivity contribution in [3.63, 3.8) is 0 Å². The molecule has 0 radical (unpaired) electrons. The first-order chi connectivity index (χ1) is 12.3. The molecule has 154 valence electrons. The van der Waals surface area contributed by atoms with Crippen molar-refractivity contribution in [1.29, 1.82) is 0 Å². The molecule has 2 aliphatic rings. The molecular weight excluding hydrogens is 326 g/mol. The van der Waals surface area contributed by atoms with Crippen LogP contribution in [0.5, 0.6) is 0 Å². The lowest BCUT2D eigenvalue weighted by Crippen LogP contribution is -2.40. The van der Waals surface area contributed by atoms with Gasteiger partial charge in [-0.05, 0) is 50.9 Å². The van der Waals surface area contributed by atoms with Gasteiger partial charge in [-0.2, -0.15) is 0 Å². The topological polar surface area (TPSA) is 30.9 Å². The summed E-state index contributed by atoms with van der Waals surface area (Å²) in [5, 5.41) is 0. The largest absolute Gasteiger partial charge is 0.383 e. The third-order valence-corrected chi connectivity index (χ3v) is 6.71. The number of hydrogen-bond acceptors (Lipinski definition) is 4. The molecule has 1 saturated carbocycles. The van der Waals surface area contributed by atoms with E-state index in [2.05, 4.69) is 39.5 Å². The maximum atomic E-state index is 6.47. The van der Waals surface area contributed by atoms with Crippen LogP contribution in [-0.2, 0) is 14.2 Å². The van der Waals surface area contributed by atoms with Crippen LogP contribution in [0.15, 0.2) is 0 Å². The van der Waals surface area contributed by atoms with Crippen molar-refractivity contribution in [2.24, 2.45) is 11.3 Å². The summed E-state index contributed by atoms with van der Waals surface area (Å²) in [4.78, 5) is 2.47. The predicted molar refractivity (Wildman–Crippen MR) is 107 cm³/mol. The van der Waals surface area contributed by atoms with Gasteiger partial charge in [0.05, 0.1) is 19.3 Å². The molecule has 0 N–H and O–H groups in total. The van der Waals surface area contributed by atoms with Crippen LogP contribution in [0.2, 0.25) is 0 Å². The van der Waals surface area contributed by atoms with Gasteiger partial charge in [0.25, 0.3) is 0 Å². The molecule has 2 rings (SSSR count). The van der Waals surface area contributed by atoms with Gasteiger partial charge in [0.2, 0.25) is 0 Å². The molecule has 0 aromatic heterocycles. The van der Waals surface area contributed by atoms with E-state index in [1.165, 1.54) is 25.7 Å². The standard InChI is InChI=1S/C22H43NO3/c1-7-11-21(4,5)19-8-12-22(13-9-19)25-17-20(26-22)10-14-23(18(2)3)15-16-24-6/h18-20H,7-17H2,1-6H3. The highest BCUT2D eigenvalue weighted by Gasteiger charge is 2.46. The summed E-state index contributed by atoms with van der Waals surface area (Å²) in [6, 6.07) is 0.540. The van der Waals surface area contributed by atoms with E-state index in [-0.39, 0.29) is 11.9 Å². The Kier molecular flexibility index (Phi) is 8.39. The van der Waals surface area contributed by atoms with Crippen molar-refractivity contribution in [3.05, 3.63) is 0 Å². The highest BCUT2D eigenvalue weighted by atomic mass is 16.7. The molecule has 0 amide bonds. The maximum absolute atomic E-state index is 6.47. The van der Waals surface area contributed by atoms with E-state index in [1.807, 2.05) is 0 Å². The summed E-state index contributed by atoms with van der Waals surface area (Å²) in [5.41, 5.74) is 0.452. The van der Waals surface area contributed by atoms with Crippen molar-refractivity contribution in [1.82, 2.24) is 4.90 Å². The third-order valence-electron chi connectivity index (χ3n) is 6.71. The first-order valence-corrected chi connectivity index (χ1v) is 10.9. The second-order valence-electron chi connectivity index (χ2n) is 9.39. The number of ether oxygens (including phenoxy) is 3. The minimum absolute atomic E-state index is 0.249. The molecule has 1 aliphatic carbocycles. The number of methoxy groups -OCH3 is 1. The second kappa shape index (κ2) is 9.86. The summed E-state index contributed by atoms with van der Waals surface area (Å²) >= 11 is 0. The van der Waals surface area contributed by atoms with E-state index in [0.29, 0.717) is 11.5 Å². The van der Waals surface area contributed by atoms with Gasteiger partial charge in [-0.1, -0.05) is 27.2 Å². The summed E-state index contributed by atoms with van der Waals surface area (Å²) in [5.74, 6) is 0.531. The molecule has 0 bridgehead atoms. The van der Waals surface area contributed by atoms with Gasteiger partial charge < -0.3 is 14.2 Å². The Morgan fingerprint density at radius 1 is 1.19 bits per heavy atom. The van der Waals surface area contributed by atoms with Gasteiger partial charge in [0.1, 0.15) is 0 Å². The molecule has 0 aromatic carbocycles. The quantitative estimate of drug-likeness (QED) is 0.550. The van der Waals surface area contributed by atoms with Crippen molar-refractivity contribution < 1.29 is 14.2 Å². The zero-order valence-electron chi connectivity index (χ0n) is 18.2. The van der Waals surface area contributed by atoms with Crippen LogP contribution in [0, 0.1) is 11.3 Å². The first-order valence-electron chi connectivity index (χ1n) is 10.9. The van der Waals surface area contributed by atoms with Gasteiger partial charge in [0, 0.05) is 39.1 Å². The smallest absolute Gasteiger partial charge is 0.168 e. The van der Waals surface area contributed by atoms with Gasteiger partial charge in [-0.15, -0.1) is 0 Å². The fraction of sp³-hybridized carbons (Fsp3) is 1.00. The monoisotopic (exact) mass is 369 g/mol. The van der Waals surface area contributed by atoms with Crippen molar-refractivity contribution >= 4 is 0 Å². The molecule has 26 heavy (non-hydrogen) atoms. The fourth-order valence-electron chi connectivity index (χ4n) is 4.86. The van der Waals surface area contributed by atoms with E-state index in [0.717, 1.165) is 51.5 Å². The SMILES string of the molecule is CCCC(C)(C)C1CCC2(CC1)OCC(CCN(CCOC)C(C)C)O2. The minimum atomic E-state index is -0.279. The van der Waals surface area contributed by atoms with Crippen molar-refractivity contribution in [2.75, 3.05) is 33.4 Å². The average Bonchev–Trinajstić information content (AvgIpc) is 2.97. The predicted octanol–water partition coefficient (Wildman–Crippen LogP) is 4.86. The van der Waals surface area contributed by atoms with Gasteiger partial charge >= 0.3 is 0 Å². The lowest BCUT2D eigenvalue weighted by Gasteiger charge is -2.42. The van der Waals surface area contributed by atoms with Crippen LogP contribution in [0.1, 0.15) is 79.6 Å². The van der Waals surface area contributed by atoms with Crippen LogP contribution in [0.3, 0.4) is 0 Å². The Hall–Kier alpha value is -0.160. The minimum Gasteiger partial charge on any atom is -0.383 e. The Labute approximate surface area is 161 Å². The third kappa shape index (κ3) is 5.92. The molecular formula is C22H43NO3. The van der Waals surface area contributed by atoms with Crippen LogP contribution < -0.4 is 0 Å². The summed E-state index contributed by atoms with van der Waals surface area (Å²) < 4.78 is 17.9. The van der Waals surface area contributed by atoms with Crippen LogP contribution in [-0.4, -0.2) is 56.2 Å². The van der Waals surface area contributed by atoms with Crippen LogP contribution in [0.25, 0.3) is 0 Å². The van der Waals surface area contributed by atoms with E-state index in [4.69, 9.17) is 14.2 Å². The van der Waals surface area contributed by atoms with E-state index in [9.17, 15) is 0 Å². The summed E-state index contributed by atoms with van der Waals surface area (Å²) in [6.45, 7) is 15.3. The highest BCUT2D eigenvalue weighted by molar-refractivity contribution is 4.90. The maximum Gasteiger partial charge on any atom is 0.168 e. The number of nitrogens with zero attached hydrogens (tertiary/aromatic N) is 1. The van der Waals surface area contributed by atoms with Crippen LogP contribution >= 0.6 is 0 Å². The molecule has 1 unspecified atom stereocenters. The second-order valence-corrected chi connectivity index (χ2v) is 9.39. The molecule has 0 aromatic rings. The molecule has 4 heteroatoms. The Balaban J connectivity index is 1.78. The van der Waals surface area contributed by atoms with Gasteiger partial charge in [-0.3, -0.25) is 4.90 Å².